The molecule has 3 rings (SSSR count). The van der Waals surface area contributed by atoms with Gasteiger partial charge in [-0.15, -0.1) is 0 Å². The molecule has 0 bridgehead atoms. The average molecular weight is 286 g/mol. The smallest absolute Gasteiger partial charge is 0.0483 e. The third-order valence-electron chi connectivity index (χ3n) is 4.59. The van der Waals surface area contributed by atoms with Crippen molar-refractivity contribution in [3.63, 3.8) is 0 Å². The summed E-state index contributed by atoms with van der Waals surface area (Å²) in [7, 11) is 1.77. The van der Waals surface area contributed by atoms with Crippen LogP contribution in [0.3, 0.4) is 0 Å². The molecule has 1 aliphatic carbocycles. The Hall–Kier alpha value is -1.32. The number of aromatic nitrogens is 1. The van der Waals surface area contributed by atoms with E-state index < -0.39 is 0 Å². The van der Waals surface area contributed by atoms with Gasteiger partial charge in [0.1, 0.15) is 0 Å². The van der Waals surface area contributed by atoms with Crippen LogP contribution in [0.5, 0.6) is 0 Å². The lowest BCUT2D eigenvalue weighted by molar-refractivity contribution is 0.190. The summed E-state index contributed by atoms with van der Waals surface area (Å²) in [5.41, 5.74) is 2.76. The highest BCUT2D eigenvalue weighted by Gasteiger charge is 2.16. The van der Waals surface area contributed by atoms with Gasteiger partial charge < -0.3 is 14.6 Å². The van der Waals surface area contributed by atoms with Crippen LogP contribution in [-0.4, -0.2) is 24.8 Å². The van der Waals surface area contributed by atoms with Gasteiger partial charge in [0.05, 0.1) is 0 Å². The molecule has 1 aliphatic rings. The zero-order valence-corrected chi connectivity index (χ0v) is 13.0. The second kappa shape index (κ2) is 7.10. The standard InChI is InChI=1S/C18H26N2O/c1-21-11-5-10-20-14-16(13-19-12-15-6-4-7-15)17-8-2-3-9-18(17)20/h2-3,8-9,14-15,19H,4-7,10-13H2,1H3. The summed E-state index contributed by atoms with van der Waals surface area (Å²) in [6.07, 6.45) is 7.61. The van der Waals surface area contributed by atoms with Crippen LogP contribution in [0.4, 0.5) is 0 Å². The van der Waals surface area contributed by atoms with E-state index in [1.54, 1.807) is 7.11 Å². The van der Waals surface area contributed by atoms with E-state index in [2.05, 4.69) is 40.3 Å². The van der Waals surface area contributed by atoms with Gasteiger partial charge in [0, 0.05) is 43.9 Å². The number of fused-ring (bicyclic) bond motifs is 1. The van der Waals surface area contributed by atoms with Crippen molar-refractivity contribution in [2.75, 3.05) is 20.3 Å². The first kappa shape index (κ1) is 14.6. The Kier molecular flexibility index (Phi) is 4.94. The van der Waals surface area contributed by atoms with Crippen molar-refractivity contribution in [3.8, 4) is 0 Å². The highest BCUT2D eigenvalue weighted by atomic mass is 16.5. The molecule has 3 nitrogen and oxygen atoms in total. The maximum absolute atomic E-state index is 5.17. The molecule has 21 heavy (non-hydrogen) atoms. The van der Waals surface area contributed by atoms with Crippen LogP contribution in [-0.2, 0) is 17.8 Å². The van der Waals surface area contributed by atoms with E-state index in [1.807, 2.05) is 0 Å². The summed E-state index contributed by atoms with van der Waals surface area (Å²) in [5.74, 6) is 0.917. The number of hydrogen-bond donors (Lipinski definition) is 1. The maximum Gasteiger partial charge on any atom is 0.0483 e. The third kappa shape index (κ3) is 3.47. The Balaban J connectivity index is 1.68. The molecule has 0 saturated heterocycles. The number of nitrogens with one attached hydrogen (secondary N) is 1. The van der Waals surface area contributed by atoms with Crippen LogP contribution in [0, 0.1) is 5.92 Å². The van der Waals surface area contributed by atoms with Gasteiger partial charge in [0.15, 0.2) is 0 Å². The van der Waals surface area contributed by atoms with Crippen LogP contribution >= 0.6 is 0 Å². The van der Waals surface area contributed by atoms with Gasteiger partial charge >= 0.3 is 0 Å². The summed E-state index contributed by atoms with van der Waals surface area (Å²) in [6.45, 7) is 4.00. The third-order valence-corrected chi connectivity index (χ3v) is 4.59. The molecule has 3 heteroatoms. The molecule has 1 aromatic heterocycles. The van der Waals surface area contributed by atoms with Crippen molar-refractivity contribution in [2.24, 2.45) is 5.92 Å². The number of ether oxygens (including phenoxy) is 1. The van der Waals surface area contributed by atoms with Crippen LogP contribution in [0.1, 0.15) is 31.2 Å². The number of aryl methyl sites for hydroxylation is 1. The first-order valence-electron chi connectivity index (χ1n) is 8.15. The molecule has 1 heterocycles. The van der Waals surface area contributed by atoms with E-state index in [9.17, 15) is 0 Å². The zero-order chi connectivity index (χ0) is 14.5. The molecular weight excluding hydrogens is 260 g/mol. The first-order chi connectivity index (χ1) is 10.4. The Morgan fingerprint density at radius 3 is 2.90 bits per heavy atom. The van der Waals surface area contributed by atoms with Gasteiger partial charge in [-0.1, -0.05) is 24.6 Å². The monoisotopic (exact) mass is 286 g/mol. The molecule has 0 unspecified atom stereocenters. The first-order valence-corrected chi connectivity index (χ1v) is 8.15. The van der Waals surface area contributed by atoms with Gasteiger partial charge in [0.2, 0.25) is 0 Å². The molecule has 114 valence electrons. The molecule has 0 amide bonds. The molecule has 1 N–H and O–H groups in total. The SMILES string of the molecule is COCCCn1cc(CNCC2CCC2)c2ccccc21. The van der Waals surface area contributed by atoms with E-state index in [4.69, 9.17) is 4.74 Å². The molecule has 1 aromatic carbocycles. The van der Waals surface area contributed by atoms with Crippen LogP contribution in [0.25, 0.3) is 10.9 Å². The van der Waals surface area contributed by atoms with Crippen molar-refractivity contribution in [3.05, 3.63) is 36.0 Å². The second-order valence-corrected chi connectivity index (χ2v) is 6.14. The van der Waals surface area contributed by atoms with Crippen LogP contribution < -0.4 is 5.32 Å². The minimum absolute atomic E-state index is 0.821. The molecule has 0 atom stereocenters. The van der Waals surface area contributed by atoms with Gasteiger partial charge in [-0.25, -0.2) is 0 Å². The predicted molar refractivity (Wildman–Crippen MR) is 87.5 cm³/mol. The lowest BCUT2D eigenvalue weighted by Gasteiger charge is -2.25. The van der Waals surface area contributed by atoms with Crippen molar-refractivity contribution in [1.82, 2.24) is 9.88 Å². The normalized spacial score (nSPS) is 15.5. The molecular formula is C18H26N2O. The molecule has 1 fully saturated rings. The van der Waals surface area contributed by atoms with E-state index in [0.717, 1.165) is 32.0 Å². The molecule has 0 spiro atoms. The van der Waals surface area contributed by atoms with Gasteiger partial charge in [0.25, 0.3) is 0 Å². The number of methoxy groups -OCH3 is 1. The molecule has 1 saturated carbocycles. The van der Waals surface area contributed by atoms with Crippen molar-refractivity contribution >= 4 is 10.9 Å². The minimum Gasteiger partial charge on any atom is -0.385 e. The van der Waals surface area contributed by atoms with Gasteiger partial charge in [-0.3, -0.25) is 0 Å². The fourth-order valence-electron chi connectivity index (χ4n) is 3.14. The lowest BCUT2D eigenvalue weighted by atomic mass is 9.85. The Bertz CT molecular complexity index is 572. The number of nitrogens with zero attached hydrogens (tertiary/aromatic N) is 1. The van der Waals surface area contributed by atoms with Crippen molar-refractivity contribution in [1.29, 1.82) is 0 Å². The van der Waals surface area contributed by atoms with Gasteiger partial charge in [-0.2, -0.15) is 0 Å². The zero-order valence-electron chi connectivity index (χ0n) is 13.0. The number of para-hydroxylation sites is 1. The average Bonchev–Trinajstić information content (AvgIpc) is 2.81. The Morgan fingerprint density at radius 1 is 1.29 bits per heavy atom. The number of rotatable bonds is 8. The molecule has 0 radical (unpaired) electrons. The summed E-state index contributed by atoms with van der Waals surface area (Å²) in [5, 5.41) is 5.02. The fourth-order valence-corrected chi connectivity index (χ4v) is 3.14. The minimum atomic E-state index is 0.821. The summed E-state index contributed by atoms with van der Waals surface area (Å²) < 4.78 is 7.54. The second-order valence-electron chi connectivity index (χ2n) is 6.14. The molecule has 2 aromatic rings. The van der Waals surface area contributed by atoms with E-state index in [1.165, 1.54) is 42.3 Å². The quantitative estimate of drug-likeness (QED) is 0.751. The number of hydrogen-bond acceptors (Lipinski definition) is 2. The van der Waals surface area contributed by atoms with Crippen LogP contribution in [0.2, 0.25) is 0 Å². The van der Waals surface area contributed by atoms with Crippen molar-refractivity contribution < 1.29 is 4.74 Å². The Morgan fingerprint density at radius 2 is 2.14 bits per heavy atom. The lowest BCUT2D eigenvalue weighted by Crippen LogP contribution is -2.26. The Labute approximate surface area is 127 Å². The van der Waals surface area contributed by atoms with Crippen molar-refractivity contribution in [2.45, 2.75) is 38.8 Å². The highest BCUT2D eigenvalue weighted by molar-refractivity contribution is 5.83. The highest BCUT2D eigenvalue weighted by Crippen LogP contribution is 2.26. The largest absolute Gasteiger partial charge is 0.385 e. The van der Waals surface area contributed by atoms with E-state index in [-0.39, 0.29) is 0 Å². The summed E-state index contributed by atoms with van der Waals surface area (Å²) in [6, 6.07) is 8.72. The van der Waals surface area contributed by atoms with E-state index in [0.29, 0.717) is 0 Å². The predicted octanol–water partition coefficient (Wildman–Crippen LogP) is 3.57. The number of benzene rings is 1. The summed E-state index contributed by atoms with van der Waals surface area (Å²) >= 11 is 0. The molecule has 0 aliphatic heterocycles. The fraction of sp³-hybridized carbons (Fsp3) is 0.556. The van der Waals surface area contributed by atoms with Gasteiger partial charge in [-0.05, 0) is 43.4 Å². The van der Waals surface area contributed by atoms with Crippen LogP contribution in [0.15, 0.2) is 30.5 Å². The maximum atomic E-state index is 5.17. The van der Waals surface area contributed by atoms with E-state index >= 15 is 0 Å². The topological polar surface area (TPSA) is 26.2 Å². The summed E-state index contributed by atoms with van der Waals surface area (Å²) in [4.78, 5) is 0.